The number of aliphatic hydroxyl groups is 2. The van der Waals surface area contributed by atoms with E-state index in [0.29, 0.717) is 18.2 Å². The van der Waals surface area contributed by atoms with Gasteiger partial charge in [0.05, 0.1) is 49.8 Å². The molecule has 0 saturated heterocycles. The van der Waals surface area contributed by atoms with E-state index >= 15 is 0 Å². The van der Waals surface area contributed by atoms with Crippen LogP contribution in [0.3, 0.4) is 0 Å². The Morgan fingerprint density at radius 3 is 1.59 bits per heavy atom. The molecule has 0 amide bonds. The molecule has 10 heteroatoms. The molecule has 34 heavy (non-hydrogen) atoms. The molecule has 2 unspecified atom stereocenters. The van der Waals surface area contributed by atoms with E-state index in [1.54, 1.807) is 13.8 Å². The molecule has 2 aromatic rings. The first-order valence-corrected chi connectivity index (χ1v) is 10.5. The van der Waals surface area contributed by atoms with Crippen molar-refractivity contribution in [1.29, 1.82) is 0 Å². The van der Waals surface area contributed by atoms with Gasteiger partial charge in [-0.25, -0.2) is 0 Å². The third-order valence-electron chi connectivity index (χ3n) is 6.86. The average molecular weight is 492 g/mol. The number of alkyl halides is 6. The minimum absolute atomic E-state index is 0.00702. The summed E-state index contributed by atoms with van der Waals surface area (Å²) in [5.41, 5.74) is -5.23. The highest BCUT2D eigenvalue weighted by Crippen LogP contribution is 2.57. The predicted molar refractivity (Wildman–Crippen MR) is 110 cm³/mol. The number of aliphatic hydroxyl groups excluding tert-OH is 2. The molecule has 4 atom stereocenters. The van der Waals surface area contributed by atoms with Gasteiger partial charge in [0.25, 0.3) is 0 Å². The number of halogens is 6. The van der Waals surface area contributed by atoms with Gasteiger partial charge in [0.2, 0.25) is 0 Å². The summed E-state index contributed by atoms with van der Waals surface area (Å²) in [5.74, 6) is 0. The molecule has 0 heterocycles. The molecular formula is C24H26F6O4. The summed E-state index contributed by atoms with van der Waals surface area (Å²) in [4.78, 5) is 0. The molecule has 0 radical (unpaired) electrons. The molecule has 3 rings (SSSR count). The number of rotatable bonds is 8. The first kappa shape index (κ1) is 26.5. The molecule has 1 fully saturated rings. The Bertz CT molecular complexity index is 945. The predicted octanol–water partition coefficient (Wildman–Crippen LogP) is 5.21. The van der Waals surface area contributed by atoms with Crippen LogP contribution < -0.4 is 0 Å². The molecule has 188 valence electrons. The van der Waals surface area contributed by atoms with Gasteiger partial charge >= 0.3 is 12.4 Å². The van der Waals surface area contributed by atoms with Crippen LogP contribution in [0.15, 0.2) is 48.5 Å². The Kier molecular flexibility index (Phi) is 7.38. The van der Waals surface area contributed by atoms with Gasteiger partial charge < -0.3 is 19.7 Å². The lowest BCUT2D eigenvalue weighted by atomic mass is 9.47. The molecular weight excluding hydrogens is 466 g/mol. The summed E-state index contributed by atoms with van der Waals surface area (Å²) in [6.45, 7) is 2.04. The second-order valence-corrected chi connectivity index (χ2v) is 9.02. The summed E-state index contributed by atoms with van der Waals surface area (Å²) in [5, 5.41) is 20.8. The quantitative estimate of drug-likeness (QED) is 0.497. The van der Waals surface area contributed by atoms with Crippen molar-refractivity contribution in [2.24, 2.45) is 10.8 Å². The Morgan fingerprint density at radius 2 is 1.15 bits per heavy atom. The lowest BCUT2D eigenvalue weighted by Crippen LogP contribution is -2.73. The van der Waals surface area contributed by atoms with E-state index in [2.05, 4.69) is 0 Å². The van der Waals surface area contributed by atoms with Crippen molar-refractivity contribution in [3.05, 3.63) is 70.8 Å². The minimum Gasteiger partial charge on any atom is -0.390 e. The summed E-state index contributed by atoms with van der Waals surface area (Å²) < 4.78 is 91.2. The first-order chi connectivity index (χ1) is 15.7. The lowest BCUT2D eigenvalue weighted by molar-refractivity contribution is -0.296. The summed E-state index contributed by atoms with van der Waals surface area (Å²) in [6, 6.07) is 11.0. The molecule has 0 bridgehead atoms. The second-order valence-electron chi connectivity index (χ2n) is 9.02. The topological polar surface area (TPSA) is 58.9 Å². The van der Waals surface area contributed by atoms with E-state index in [1.807, 2.05) is 30.3 Å². The van der Waals surface area contributed by atoms with Crippen LogP contribution in [0, 0.1) is 10.8 Å². The molecule has 0 aromatic heterocycles. The van der Waals surface area contributed by atoms with Gasteiger partial charge in [0, 0.05) is 16.4 Å². The third-order valence-corrected chi connectivity index (χ3v) is 6.86. The van der Waals surface area contributed by atoms with Crippen LogP contribution in [0.5, 0.6) is 0 Å². The summed E-state index contributed by atoms with van der Waals surface area (Å²) in [6.07, 6.45) is -12.5. The zero-order valence-corrected chi connectivity index (χ0v) is 18.6. The van der Waals surface area contributed by atoms with Crippen molar-refractivity contribution in [3.63, 3.8) is 0 Å². The second kappa shape index (κ2) is 9.49. The smallest absolute Gasteiger partial charge is 0.390 e. The molecule has 1 aliphatic carbocycles. The normalized spacial score (nSPS) is 27.5. The maximum atomic E-state index is 13.4. The van der Waals surface area contributed by atoms with Crippen LogP contribution in [0.2, 0.25) is 0 Å². The molecule has 2 aromatic carbocycles. The maximum Gasteiger partial charge on any atom is 0.416 e. The highest BCUT2D eigenvalue weighted by molar-refractivity contribution is 5.38. The van der Waals surface area contributed by atoms with Gasteiger partial charge in [-0.3, -0.25) is 0 Å². The number of ether oxygens (including phenoxy) is 2. The highest BCUT2D eigenvalue weighted by Gasteiger charge is 2.66. The number of benzene rings is 2. The van der Waals surface area contributed by atoms with Gasteiger partial charge in [0.1, 0.15) is 0 Å². The van der Waals surface area contributed by atoms with Gasteiger partial charge in [-0.05, 0) is 17.7 Å². The van der Waals surface area contributed by atoms with Crippen molar-refractivity contribution in [2.45, 2.75) is 51.6 Å². The van der Waals surface area contributed by atoms with Crippen LogP contribution in [0.25, 0.3) is 0 Å². The van der Waals surface area contributed by atoms with E-state index in [4.69, 9.17) is 9.47 Å². The van der Waals surface area contributed by atoms with Crippen molar-refractivity contribution >= 4 is 0 Å². The Hall–Kier alpha value is -2.14. The highest BCUT2D eigenvalue weighted by atomic mass is 19.4. The monoisotopic (exact) mass is 492 g/mol. The molecule has 1 saturated carbocycles. The fourth-order valence-corrected chi connectivity index (χ4v) is 4.37. The first-order valence-electron chi connectivity index (χ1n) is 10.5. The third kappa shape index (κ3) is 4.95. The average Bonchev–Trinajstić information content (AvgIpc) is 2.77. The number of hydrogen-bond donors (Lipinski definition) is 2. The van der Waals surface area contributed by atoms with Crippen LogP contribution in [0.1, 0.15) is 36.1 Å². The van der Waals surface area contributed by atoms with Crippen LogP contribution in [0.4, 0.5) is 26.3 Å². The zero-order valence-electron chi connectivity index (χ0n) is 18.6. The van der Waals surface area contributed by atoms with Crippen molar-refractivity contribution < 1.29 is 46.0 Å². The van der Waals surface area contributed by atoms with Crippen molar-refractivity contribution in [2.75, 3.05) is 13.2 Å². The largest absolute Gasteiger partial charge is 0.416 e. The van der Waals surface area contributed by atoms with E-state index in [0.717, 1.165) is 5.56 Å². The number of hydrogen-bond acceptors (Lipinski definition) is 4. The molecule has 2 N–H and O–H groups in total. The molecule has 0 aliphatic heterocycles. The van der Waals surface area contributed by atoms with E-state index in [9.17, 15) is 36.6 Å². The van der Waals surface area contributed by atoms with E-state index in [-0.39, 0.29) is 19.8 Å². The molecule has 1 aliphatic rings. The molecule has 4 nitrogen and oxygen atoms in total. The fourth-order valence-electron chi connectivity index (χ4n) is 4.37. The van der Waals surface area contributed by atoms with E-state index < -0.39 is 58.7 Å². The maximum absolute atomic E-state index is 13.4. The van der Waals surface area contributed by atoms with Crippen molar-refractivity contribution in [1.82, 2.24) is 0 Å². The Balaban J connectivity index is 1.74. The Morgan fingerprint density at radius 1 is 0.706 bits per heavy atom. The van der Waals surface area contributed by atoms with Gasteiger partial charge in [-0.15, -0.1) is 0 Å². The van der Waals surface area contributed by atoms with Crippen molar-refractivity contribution in [3.8, 4) is 0 Å². The lowest BCUT2D eigenvalue weighted by Gasteiger charge is -2.62. The minimum atomic E-state index is -5.00. The van der Waals surface area contributed by atoms with Crippen LogP contribution in [-0.2, 0) is 35.0 Å². The zero-order chi connectivity index (χ0) is 25.4. The van der Waals surface area contributed by atoms with Gasteiger partial charge in [0.15, 0.2) is 0 Å². The van der Waals surface area contributed by atoms with Gasteiger partial charge in [-0.2, -0.15) is 26.3 Å². The summed E-state index contributed by atoms with van der Waals surface area (Å²) >= 11 is 0. The van der Waals surface area contributed by atoms with Crippen LogP contribution >= 0.6 is 0 Å². The van der Waals surface area contributed by atoms with Crippen LogP contribution in [-0.4, -0.2) is 35.6 Å². The summed E-state index contributed by atoms with van der Waals surface area (Å²) in [7, 11) is 0. The van der Waals surface area contributed by atoms with Gasteiger partial charge in [-0.1, -0.05) is 50.2 Å². The Labute approximate surface area is 193 Å². The molecule has 0 spiro atoms. The standard InChI is InChI=1S/C24H26F6O4/c1-21(13-33-11-15-7-4-3-5-8-15)19(31)20(32)22(21,2)14-34-12-16-17(23(25,26)27)9-6-10-18(16)24(28,29)30/h3-10,19-20,31-32H,11-14H2,1-2H3/t19?,20?,21-,22+/m1/s1. The van der Waals surface area contributed by atoms with E-state index in [1.165, 1.54) is 0 Å². The fraction of sp³-hybridized carbons (Fsp3) is 0.500. The SMILES string of the molecule is C[C@]1(COCc2c(C(F)(F)F)cccc2C(F)(F)F)C(O)C(O)[C@@]1(C)COCc1ccccc1.